The highest BCUT2D eigenvalue weighted by Crippen LogP contribution is 2.39. The Morgan fingerprint density at radius 3 is 1.59 bits per heavy atom. The quantitative estimate of drug-likeness (QED) is 0.148. The largest absolute Gasteiger partial charge is 0.462 e. The summed E-state index contributed by atoms with van der Waals surface area (Å²) in [5, 5.41) is 16.3. The number of anilines is 2. The molecule has 0 atom stereocenters. The molecule has 2 aliphatic rings. The lowest BCUT2D eigenvalue weighted by atomic mass is 9.92. The molecule has 6 rings (SSSR count). The second kappa shape index (κ2) is 14.8. The standard InChI is InChI=1S/C20H27N3O3.C20H29N3O2/c1-5-26-18(25)13-9-10-15-16(11-13)23(14-7-6-8-14)19(21-15)22-17(24)12-20(2,3)4;1-19(2,3)12-17(24)22-18-21-15-10-9-13(20(4,5)25)11-16(15)23(18)14-7-6-8-14/h9-11,14H,5-8,12H2,1-4H3,(H,21,22,24);9-11,14,25H,6-8,12H2,1-5H3,(H,21,22,24). The second-order valence-corrected chi connectivity index (χ2v) is 17.0. The number of imidazole rings is 2. The van der Waals surface area contributed by atoms with Crippen LogP contribution in [0.15, 0.2) is 36.4 Å². The first-order chi connectivity index (χ1) is 23.8. The molecule has 0 saturated heterocycles. The summed E-state index contributed by atoms with van der Waals surface area (Å²) in [5.41, 5.74) is 3.78. The van der Waals surface area contributed by atoms with Gasteiger partial charge in [-0.05, 0) is 106 Å². The van der Waals surface area contributed by atoms with E-state index in [1.54, 1.807) is 26.8 Å². The third kappa shape index (κ3) is 9.36. The van der Waals surface area contributed by atoms with Crippen molar-refractivity contribution < 1.29 is 24.2 Å². The van der Waals surface area contributed by atoms with E-state index in [4.69, 9.17) is 4.74 Å². The average molecular weight is 701 g/mol. The number of aromatic nitrogens is 4. The van der Waals surface area contributed by atoms with Gasteiger partial charge in [-0.1, -0.05) is 47.6 Å². The molecule has 0 aliphatic heterocycles. The lowest BCUT2D eigenvalue weighted by molar-refractivity contribution is -0.118. The lowest BCUT2D eigenvalue weighted by Crippen LogP contribution is -2.24. The second-order valence-electron chi connectivity index (χ2n) is 17.0. The highest BCUT2D eigenvalue weighted by Gasteiger charge is 2.29. The van der Waals surface area contributed by atoms with Crippen LogP contribution < -0.4 is 10.6 Å². The summed E-state index contributed by atoms with van der Waals surface area (Å²) in [6.45, 7) is 18.0. The maximum Gasteiger partial charge on any atom is 0.338 e. The van der Waals surface area contributed by atoms with Crippen molar-refractivity contribution in [3.63, 3.8) is 0 Å². The highest BCUT2D eigenvalue weighted by molar-refractivity contribution is 5.96. The molecule has 276 valence electrons. The average Bonchev–Trinajstić information content (AvgIpc) is 3.46. The van der Waals surface area contributed by atoms with Crippen LogP contribution in [0.5, 0.6) is 0 Å². The van der Waals surface area contributed by atoms with Crippen molar-refractivity contribution in [2.75, 3.05) is 17.2 Å². The van der Waals surface area contributed by atoms with Crippen molar-refractivity contribution >= 4 is 51.7 Å². The molecule has 2 amide bonds. The predicted molar refractivity (Wildman–Crippen MR) is 202 cm³/mol. The van der Waals surface area contributed by atoms with Gasteiger partial charge in [-0.2, -0.15) is 0 Å². The van der Waals surface area contributed by atoms with Gasteiger partial charge in [0.25, 0.3) is 0 Å². The number of aliphatic hydroxyl groups is 1. The number of benzene rings is 2. The van der Waals surface area contributed by atoms with Crippen molar-refractivity contribution in [1.82, 2.24) is 19.1 Å². The van der Waals surface area contributed by atoms with Gasteiger partial charge in [0.1, 0.15) is 0 Å². The Bertz CT molecular complexity index is 1890. The Kier molecular flexibility index (Phi) is 11.0. The minimum atomic E-state index is -0.904. The maximum absolute atomic E-state index is 12.4. The summed E-state index contributed by atoms with van der Waals surface area (Å²) in [6.07, 6.45) is 7.54. The lowest BCUT2D eigenvalue weighted by Gasteiger charge is -2.29. The Labute approximate surface area is 301 Å². The van der Waals surface area contributed by atoms with Gasteiger partial charge >= 0.3 is 5.97 Å². The predicted octanol–water partition coefficient (Wildman–Crippen LogP) is 8.68. The van der Waals surface area contributed by atoms with Crippen LogP contribution in [-0.2, 0) is 19.9 Å². The zero-order chi connectivity index (χ0) is 37.3. The van der Waals surface area contributed by atoms with Gasteiger partial charge in [0.05, 0.1) is 39.8 Å². The summed E-state index contributed by atoms with van der Waals surface area (Å²) in [7, 11) is 0. The highest BCUT2D eigenvalue weighted by atomic mass is 16.5. The van der Waals surface area contributed by atoms with Gasteiger partial charge in [-0.15, -0.1) is 0 Å². The first kappa shape index (κ1) is 38.0. The van der Waals surface area contributed by atoms with Crippen molar-refractivity contribution in [1.29, 1.82) is 0 Å². The monoisotopic (exact) mass is 700 g/mol. The van der Waals surface area contributed by atoms with Crippen LogP contribution in [0.3, 0.4) is 0 Å². The molecule has 11 nitrogen and oxygen atoms in total. The Balaban J connectivity index is 0.000000198. The van der Waals surface area contributed by atoms with E-state index in [1.165, 1.54) is 6.42 Å². The van der Waals surface area contributed by atoms with E-state index >= 15 is 0 Å². The summed E-state index contributed by atoms with van der Waals surface area (Å²) in [5.74, 6) is 0.806. The number of amides is 2. The fourth-order valence-corrected chi connectivity index (χ4v) is 6.41. The number of fused-ring (bicyclic) bond motifs is 2. The van der Waals surface area contributed by atoms with Gasteiger partial charge < -0.3 is 19.0 Å². The van der Waals surface area contributed by atoms with Crippen molar-refractivity contribution in [3.8, 4) is 0 Å². The molecule has 0 radical (unpaired) electrons. The van der Waals surface area contributed by atoms with Crippen molar-refractivity contribution in [3.05, 3.63) is 47.5 Å². The number of carbonyl (C=O) groups excluding carboxylic acids is 3. The molecule has 0 spiro atoms. The molecule has 2 fully saturated rings. The summed E-state index contributed by atoms with van der Waals surface area (Å²) in [6, 6.07) is 11.9. The minimum absolute atomic E-state index is 0.00825. The van der Waals surface area contributed by atoms with E-state index in [2.05, 4.69) is 50.5 Å². The molecule has 3 N–H and O–H groups in total. The van der Waals surface area contributed by atoms with Crippen LogP contribution in [0.1, 0.15) is 142 Å². The fraction of sp³-hybridized carbons (Fsp3) is 0.575. The molecule has 11 heteroatoms. The molecular weight excluding hydrogens is 644 g/mol. The number of hydrogen-bond donors (Lipinski definition) is 3. The topological polar surface area (TPSA) is 140 Å². The van der Waals surface area contributed by atoms with Crippen LogP contribution >= 0.6 is 0 Å². The molecule has 2 aromatic carbocycles. The molecule has 0 bridgehead atoms. The Morgan fingerprint density at radius 2 is 1.20 bits per heavy atom. The first-order valence-electron chi connectivity index (χ1n) is 18.4. The number of rotatable bonds is 9. The SMILES string of the molecule is CC(C)(C)CC(=O)Nc1nc2ccc(C(C)(C)O)cc2n1C1CCC1.CCOC(=O)c1ccc2nc(NC(=O)CC(C)(C)C)n(C3CCC3)c2c1. The summed E-state index contributed by atoms with van der Waals surface area (Å²) < 4.78 is 9.32. The van der Waals surface area contributed by atoms with E-state index in [-0.39, 0.29) is 28.6 Å². The van der Waals surface area contributed by atoms with Gasteiger partial charge in [0.15, 0.2) is 0 Å². The van der Waals surface area contributed by atoms with E-state index in [9.17, 15) is 19.5 Å². The van der Waals surface area contributed by atoms with E-state index in [0.29, 0.717) is 49.0 Å². The number of carbonyl (C=O) groups is 3. The van der Waals surface area contributed by atoms with Crippen LogP contribution in [0.4, 0.5) is 11.9 Å². The minimum Gasteiger partial charge on any atom is -0.462 e. The fourth-order valence-electron chi connectivity index (χ4n) is 6.41. The molecule has 2 aliphatic carbocycles. The summed E-state index contributed by atoms with van der Waals surface area (Å²) in [4.78, 5) is 46.2. The third-order valence-electron chi connectivity index (χ3n) is 9.36. The molecule has 4 aromatic rings. The van der Waals surface area contributed by atoms with Crippen LogP contribution in [0, 0.1) is 10.8 Å². The number of nitrogens with one attached hydrogen (secondary N) is 2. The van der Waals surface area contributed by atoms with Crippen molar-refractivity contribution in [2.45, 2.75) is 131 Å². The van der Waals surface area contributed by atoms with Gasteiger partial charge in [0, 0.05) is 24.9 Å². The molecule has 2 heterocycles. The Morgan fingerprint density at radius 1 is 0.745 bits per heavy atom. The van der Waals surface area contributed by atoms with Crippen LogP contribution in [0.2, 0.25) is 0 Å². The first-order valence-corrected chi connectivity index (χ1v) is 18.4. The zero-order valence-electron chi connectivity index (χ0n) is 31.9. The molecule has 2 saturated carbocycles. The van der Waals surface area contributed by atoms with Gasteiger partial charge in [0.2, 0.25) is 23.7 Å². The van der Waals surface area contributed by atoms with E-state index in [1.807, 2.05) is 51.1 Å². The third-order valence-corrected chi connectivity index (χ3v) is 9.36. The normalized spacial score (nSPS) is 15.5. The summed E-state index contributed by atoms with van der Waals surface area (Å²) >= 11 is 0. The van der Waals surface area contributed by atoms with E-state index in [0.717, 1.165) is 59.7 Å². The van der Waals surface area contributed by atoms with Crippen molar-refractivity contribution in [2.24, 2.45) is 10.8 Å². The van der Waals surface area contributed by atoms with Gasteiger partial charge in [-0.25, -0.2) is 14.8 Å². The van der Waals surface area contributed by atoms with E-state index < -0.39 is 5.60 Å². The number of nitrogens with zero attached hydrogens (tertiary/aromatic N) is 4. The molecular formula is C40H56N6O5. The molecule has 0 unspecified atom stereocenters. The maximum atomic E-state index is 12.4. The molecule has 51 heavy (non-hydrogen) atoms. The Hall–Kier alpha value is -4.25. The zero-order valence-corrected chi connectivity index (χ0v) is 31.9. The number of ether oxygens (including phenoxy) is 1. The molecule has 2 aromatic heterocycles. The van der Waals surface area contributed by atoms with Crippen LogP contribution in [-0.4, -0.2) is 48.6 Å². The number of esters is 1. The smallest absolute Gasteiger partial charge is 0.338 e. The van der Waals surface area contributed by atoms with Crippen LogP contribution in [0.25, 0.3) is 22.1 Å². The van der Waals surface area contributed by atoms with Gasteiger partial charge in [-0.3, -0.25) is 20.2 Å². The number of hydrogen-bond acceptors (Lipinski definition) is 7.